The summed E-state index contributed by atoms with van der Waals surface area (Å²) >= 11 is 0. The van der Waals surface area contributed by atoms with Crippen LogP contribution in [-0.4, -0.2) is 90.7 Å². The fourth-order valence-electron chi connectivity index (χ4n) is 3.47. The lowest BCUT2D eigenvalue weighted by Gasteiger charge is -2.44. The van der Waals surface area contributed by atoms with Gasteiger partial charge in [0.25, 0.3) is 0 Å². The minimum atomic E-state index is -0.478. The Morgan fingerprint density at radius 1 is 1.00 bits per heavy atom. The second-order valence-corrected chi connectivity index (χ2v) is 9.42. The maximum atomic E-state index is 12.9. The van der Waals surface area contributed by atoms with Gasteiger partial charge in [-0.15, -0.1) is 0 Å². The molecule has 1 atom stereocenters. The number of nitrogens with zero attached hydrogens (tertiary/aromatic N) is 3. The van der Waals surface area contributed by atoms with Gasteiger partial charge in [0.2, 0.25) is 5.91 Å². The lowest BCUT2D eigenvalue weighted by atomic mass is 9.84. The molecule has 150 valence electrons. The van der Waals surface area contributed by atoms with Gasteiger partial charge in [-0.05, 0) is 26.2 Å². The van der Waals surface area contributed by atoms with Crippen molar-refractivity contribution in [3.05, 3.63) is 0 Å². The van der Waals surface area contributed by atoms with Crippen LogP contribution in [0.1, 0.15) is 41.5 Å². The fourth-order valence-corrected chi connectivity index (χ4v) is 3.47. The van der Waals surface area contributed by atoms with Crippen molar-refractivity contribution >= 4 is 12.0 Å². The molecule has 0 aliphatic carbocycles. The molecular formula is C19H36N4O3. The number of hydrogen-bond acceptors (Lipinski definition) is 5. The number of carbonyl (C=O) groups excluding carboxylic acids is 2. The summed E-state index contributed by atoms with van der Waals surface area (Å²) in [4.78, 5) is 30.9. The van der Waals surface area contributed by atoms with E-state index in [1.54, 1.807) is 4.90 Å². The average molecular weight is 369 g/mol. The van der Waals surface area contributed by atoms with Gasteiger partial charge in [0.05, 0.1) is 6.54 Å². The van der Waals surface area contributed by atoms with E-state index in [4.69, 9.17) is 4.74 Å². The standard InChI is InChI=1S/C19H36N4O3/c1-18(2,3)15-13-20-7-8-23(15)16(24)14-21-9-11-22(12-10-21)17(25)26-19(4,5)6/h15,20H,7-14H2,1-6H3/t15-/m1/s1. The fraction of sp³-hybridized carbons (Fsp3) is 0.895. The molecule has 0 aromatic heterocycles. The van der Waals surface area contributed by atoms with Gasteiger partial charge in [0.1, 0.15) is 5.60 Å². The minimum Gasteiger partial charge on any atom is -0.444 e. The van der Waals surface area contributed by atoms with Gasteiger partial charge in [-0.1, -0.05) is 20.8 Å². The summed E-state index contributed by atoms with van der Waals surface area (Å²) in [6.45, 7) is 17.7. The van der Waals surface area contributed by atoms with Crippen LogP contribution in [0.5, 0.6) is 0 Å². The molecule has 7 nitrogen and oxygen atoms in total. The molecule has 2 heterocycles. The lowest BCUT2D eigenvalue weighted by Crippen LogP contribution is -2.60. The van der Waals surface area contributed by atoms with Crippen molar-refractivity contribution in [2.75, 3.05) is 52.4 Å². The molecule has 0 bridgehead atoms. The molecule has 0 spiro atoms. The van der Waals surface area contributed by atoms with E-state index in [0.29, 0.717) is 32.7 Å². The molecule has 0 unspecified atom stereocenters. The zero-order valence-corrected chi connectivity index (χ0v) is 17.3. The molecule has 2 aliphatic rings. The Balaban J connectivity index is 1.85. The summed E-state index contributed by atoms with van der Waals surface area (Å²) in [5.41, 5.74) is -0.424. The van der Waals surface area contributed by atoms with Crippen molar-refractivity contribution in [2.45, 2.75) is 53.2 Å². The number of hydrogen-bond donors (Lipinski definition) is 1. The van der Waals surface area contributed by atoms with Gasteiger partial charge in [-0.2, -0.15) is 0 Å². The normalized spacial score (nSPS) is 23.1. The zero-order chi connectivity index (χ0) is 19.5. The van der Waals surface area contributed by atoms with E-state index < -0.39 is 5.60 Å². The molecule has 1 N–H and O–H groups in total. The molecular weight excluding hydrogens is 332 g/mol. The number of piperazine rings is 2. The van der Waals surface area contributed by atoms with Crippen LogP contribution in [0.2, 0.25) is 0 Å². The van der Waals surface area contributed by atoms with Gasteiger partial charge < -0.3 is 19.9 Å². The third-order valence-electron chi connectivity index (χ3n) is 4.95. The maximum Gasteiger partial charge on any atom is 0.410 e. The topological polar surface area (TPSA) is 65.1 Å². The number of amides is 2. The second kappa shape index (κ2) is 8.13. The third-order valence-corrected chi connectivity index (χ3v) is 4.95. The highest BCUT2D eigenvalue weighted by Gasteiger charge is 2.36. The quantitative estimate of drug-likeness (QED) is 0.798. The van der Waals surface area contributed by atoms with Gasteiger partial charge in [-0.25, -0.2) is 4.79 Å². The molecule has 2 saturated heterocycles. The van der Waals surface area contributed by atoms with E-state index in [1.165, 1.54) is 0 Å². The summed E-state index contributed by atoms with van der Waals surface area (Å²) in [7, 11) is 0. The molecule has 7 heteroatoms. The minimum absolute atomic E-state index is 0.0541. The Bertz CT molecular complexity index is 502. The molecule has 0 aromatic rings. The molecule has 2 fully saturated rings. The van der Waals surface area contributed by atoms with Crippen molar-refractivity contribution in [3.8, 4) is 0 Å². The van der Waals surface area contributed by atoms with Gasteiger partial charge >= 0.3 is 6.09 Å². The van der Waals surface area contributed by atoms with Crippen LogP contribution >= 0.6 is 0 Å². The van der Waals surface area contributed by atoms with Crippen LogP contribution in [0.3, 0.4) is 0 Å². The Morgan fingerprint density at radius 3 is 2.15 bits per heavy atom. The Labute approximate surface area is 158 Å². The first kappa shape index (κ1) is 21.0. The van der Waals surface area contributed by atoms with Crippen molar-refractivity contribution in [3.63, 3.8) is 0 Å². The molecule has 0 aromatic carbocycles. The predicted molar refractivity (Wildman–Crippen MR) is 102 cm³/mol. The molecule has 2 rings (SSSR count). The van der Waals surface area contributed by atoms with Crippen LogP contribution in [0, 0.1) is 5.41 Å². The Morgan fingerprint density at radius 2 is 1.62 bits per heavy atom. The van der Waals surface area contributed by atoms with Gasteiger partial charge in [0.15, 0.2) is 0 Å². The Hall–Kier alpha value is -1.34. The zero-order valence-electron chi connectivity index (χ0n) is 17.3. The van der Waals surface area contributed by atoms with Gasteiger partial charge in [-0.3, -0.25) is 9.69 Å². The summed E-state index contributed by atoms with van der Waals surface area (Å²) in [6, 6.07) is 0.215. The molecule has 0 saturated carbocycles. The van der Waals surface area contributed by atoms with E-state index in [2.05, 4.69) is 31.0 Å². The van der Waals surface area contributed by atoms with Crippen LogP contribution in [-0.2, 0) is 9.53 Å². The highest BCUT2D eigenvalue weighted by Crippen LogP contribution is 2.25. The van der Waals surface area contributed by atoms with Crippen molar-refractivity contribution in [1.82, 2.24) is 20.0 Å². The summed E-state index contributed by atoms with van der Waals surface area (Å²) in [5.74, 6) is 0.192. The third kappa shape index (κ3) is 5.84. The van der Waals surface area contributed by atoms with Gasteiger partial charge in [0, 0.05) is 51.9 Å². The van der Waals surface area contributed by atoms with E-state index in [1.807, 2.05) is 25.7 Å². The largest absolute Gasteiger partial charge is 0.444 e. The summed E-state index contributed by atoms with van der Waals surface area (Å²) in [6.07, 6.45) is -0.265. The highest BCUT2D eigenvalue weighted by molar-refractivity contribution is 5.79. The summed E-state index contributed by atoms with van der Waals surface area (Å²) in [5, 5.41) is 3.40. The lowest BCUT2D eigenvalue weighted by molar-refractivity contribution is -0.138. The first-order valence-electron chi connectivity index (χ1n) is 9.68. The molecule has 0 radical (unpaired) electrons. The van der Waals surface area contributed by atoms with Crippen LogP contribution in [0.15, 0.2) is 0 Å². The summed E-state index contributed by atoms with van der Waals surface area (Å²) < 4.78 is 5.43. The second-order valence-electron chi connectivity index (χ2n) is 9.42. The number of ether oxygens (including phenoxy) is 1. The van der Waals surface area contributed by atoms with E-state index >= 15 is 0 Å². The van der Waals surface area contributed by atoms with Crippen LogP contribution in [0.25, 0.3) is 0 Å². The molecule has 26 heavy (non-hydrogen) atoms. The first-order chi connectivity index (χ1) is 12.0. The van der Waals surface area contributed by atoms with E-state index in [-0.39, 0.29) is 23.5 Å². The Kier molecular flexibility index (Phi) is 6.55. The predicted octanol–water partition coefficient (Wildman–Crippen LogP) is 1.39. The van der Waals surface area contributed by atoms with E-state index in [0.717, 1.165) is 19.6 Å². The number of carbonyl (C=O) groups is 2. The SMILES string of the molecule is CC(C)(C)OC(=O)N1CCN(CC(=O)N2CCNC[C@@H]2C(C)(C)C)CC1. The van der Waals surface area contributed by atoms with Crippen LogP contribution < -0.4 is 5.32 Å². The average Bonchev–Trinajstić information content (AvgIpc) is 2.53. The van der Waals surface area contributed by atoms with E-state index in [9.17, 15) is 9.59 Å². The highest BCUT2D eigenvalue weighted by atomic mass is 16.6. The molecule has 2 amide bonds. The van der Waals surface area contributed by atoms with Crippen molar-refractivity contribution in [2.24, 2.45) is 5.41 Å². The number of nitrogens with one attached hydrogen (secondary N) is 1. The first-order valence-corrected chi connectivity index (χ1v) is 9.68. The van der Waals surface area contributed by atoms with Crippen LogP contribution in [0.4, 0.5) is 4.79 Å². The van der Waals surface area contributed by atoms with Crippen molar-refractivity contribution in [1.29, 1.82) is 0 Å². The maximum absolute atomic E-state index is 12.9. The number of rotatable bonds is 2. The molecule has 2 aliphatic heterocycles. The van der Waals surface area contributed by atoms with Crippen molar-refractivity contribution < 1.29 is 14.3 Å². The smallest absolute Gasteiger partial charge is 0.410 e. The monoisotopic (exact) mass is 368 g/mol.